The van der Waals surface area contributed by atoms with Crippen LogP contribution in [0.25, 0.3) is 10.6 Å². The van der Waals surface area contributed by atoms with Gasteiger partial charge >= 0.3 is 0 Å². The average Bonchev–Trinajstić information content (AvgIpc) is 2.68. The largest absolute Gasteiger partial charge is 0.241 e. The molecule has 0 aromatic carbocycles. The van der Waals surface area contributed by atoms with Crippen molar-refractivity contribution >= 4 is 11.3 Å². The normalized spacial score (nSPS) is 10.9. The van der Waals surface area contributed by atoms with E-state index in [1.807, 2.05) is 5.38 Å². The minimum Gasteiger partial charge on any atom is -0.241 e. The number of pyridine rings is 1. The van der Waals surface area contributed by atoms with E-state index in [0.29, 0.717) is 5.92 Å². The maximum absolute atomic E-state index is 12.6. The molecule has 0 spiro atoms. The van der Waals surface area contributed by atoms with Gasteiger partial charge in [-0.1, -0.05) is 13.8 Å². The smallest absolute Gasteiger partial charge is 0.212 e. The predicted octanol–water partition coefficient (Wildman–Crippen LogP) is 3.47. The second kappa shape index (κ2) is 4.06. The number of hydrogen-bond acceptors (Lipinski definition) is 3. The van der Waals surface area contributed by atoms with E-state index < -0.39 is 5.95 Å². The standard InChI is InChI=1S/C11H11FN2S/c1-7(2)9-6-15-11(14-9)8-3-4-10(12)13-5-8/h3-7H,1-2H3. The lowest BCUT2D eigenvalue weighted by atomic mass is 10.2. The Morgan fingerprint density at radius 2 is 2.13 bits per heavy atom. The Kier molecular flexibility index (Phi) is 2.77. The van der Waals surface area contributed by atoms with Gasteiger partial charge in [-0.2, -0.15) is 4.39 Å². The van der Waals surface area contributed by atoms with Gasteiger partial charge in [0, 0.05) is 17.1 Å². The lowest BCUT2D eigenvalue weighted by molar-refractivity contribution is 0.584. The topological polar surface area (TPSA) is 25.8 Å². The van der Waals surface area contributed by atoms with Crippen molar-refractivity contribution in [2.24, 2.45) is 0 Å². The van der Waals surface area contributed by atoms with Gasteiger partial charge in [-0.3, -0.25) is 0 Å². The van der Waals surface area contributed by atoms with E-state index in [1.54, 1.807) is 17.4 Å². The quantitative estimate of drug-likeness (QED) is 0.727. The summed E-state index contributed by atoms with van der Waals surface area (Å²) in [5.41, 5.74) is 1.94. The molecule has 0 saturated carbocycles. The minimum atomic E-state index is -0.459. The van der Waals surface area contributed by atoms with Gasteiger partial charge < -0.3 is 0 Å². The minimum absolute atomic E-state index is 0.420. The molecule has 0 bridgehead atoms. The fraction of sp³-hybridized carbons (Fsp3) is 0.273. The molecule has 0 unspecified atom stereocenters. The molecule has 0 N–H and O–H groups in total. The fourth-order valence-electron chi connectivity index (χ4n) is 1.19. The Morgan fingerprint density at radius 1 is 1.33 bits per heavy atom. The highest BCUT2D eigenvalue weighted by atomic mass is 32.1. The molecule has 4 heteroatoms. The SMILES string of the molecule is CC(C)c1csc(-c2ccc(F)nc2)n1. The summed E-state index contributed by atoms with van der Waals surface area (Å²) in [5.74, 6) is -0.0391. The number of nitrogens with zero attached hydrogens (tertiary/aromatic N) is 2. The lowest BCUT2D eigenvalue weighted by Crippen LogP contribution is -1.87. The van der Waals surface area contributed by atoms with Crippen LogP contribution in [-0.4, -0.2) is 9.97 Å². The van der Waals surface area contributed by atoms with Gasteiger partial charge in [0.1, 0.15) is 5.01 Å². The molecule has 0 fully saturated rings. The molecule has 2 heterocycles. The van der Waals surface area contributed by atoms with Crippen molar-refractivity contribution in [1.29, 1.82) is 0 Å². The Labute approximate surface area is 91.8 Å². The number of halogens is 1. The van der Waals surface area contributed by atoms with Crippen LogP contribution in [0.1, 0.15) is 25.5 Å². The maximum Gasteiger partial charge on any atom is 0.212 e. The Bertz CT molecular complexity index is 448. The molecule has 0 radical (unpaired) electrons. The molecule has 2 aromatic heterocycles. The molecule has 0 aliphatic heterocycles. The molecular weight excluding hydrogens is 211 g/mol. The van der Waals surface area contributed by atoms with Crippen LogP contribution < -0.4 is 0 Å². The van der Waals surface area contributed by atoms with E-state index in [2.05, 4.69) is 23.8 Å². The molecule has 15 heavy (non-hydrogen) atoms. The lowest BCUT2D eigenvalue weighted by Gasteiger charge is -1.97. The number of rotatable bonds is 2. The van der Waals surface area contributed by atoms with Crippen molar-refractivity contribution < 1.29 is 4.39 Å². The summed E-state index contributed by atoms with van der Waals surface area (Å²) in [6, 6.07) is 3.05. The predicted molar refractivity (Wildman–Crippen MR) is 59.4 cm³/mol. The second-order valence-electron chi connectivity index (χ2n) is 3.60. The second-order valence-corrected chi connectivity index (χ2v) is 4.46. The van der Waals surface area contributed by atoms with Crippen LogP contribution in [0.4, 0.5) is 4.39 Å². The van der Waals surface area contributed by atoms with Crippen LogP contribution in [0.2, 0.25) is 0 Å². The van der Waals surface area contributed by atoms with Gasteiger partial charge in [0.15, 0.2) is 0 Å². The first-order chi connectivity index (χ1) is 7.16. The zero-order chi connectivity index (χ0) is 10.8. The van der Waals surface area contributed by atoms with E-state index >= 15 is 0 Å². The summed E-state index contributed by atoms with van der Waals surface area (Å²) in [6.07, 6.45) is 1.51. The van der Waals surface area contributed by atoms with E-state index in [0.717, 1.165) is 16.3 Å². The summed E-state index contributed by atoms with van der Waals surface area (Å²) < 4.78 is 12.6. The van der Waals surface area contributed by atoms with Gasteiger partial charge in [-0.05, 0) is 18.1 Å². The summed E-state index contributed by atoms with van der Waals surface area (Å²) >= 11 is 1.56. The number of thiazole rings is 1. The van der Waals surface area contributed by atoms with Crippen LogP contribution >= 0.6 is 11.3 Å². The summed E-state index contributed by atoms with van der Waals surface area (Å²) in [7, 11) is 0. The van der Waals surface area contributed by atoms with E-state index in [-0.39, 0.29) is 0 Å². The third-order valence-corrected chi connectivity index (χ3v) is 3.00. The molecule has 2 rings (SSSR count). The van der Waals surface area contributed by atoms with Gasteiger partial charge in [-0.15, -0.1) is 11.3 Å². The van der Waals surface area contributed by atoms with Crippen molar-refractivity contribution in [2.75, 3.05) is 0 Å². The molecule has 0 aliphatic rings. The summed E-state index contributed by atoms with van der Waals surface area (Å²) in [4.78, 5) is 8.08. The van der Waals surface area contributed by atoms with Crippen LogP contribution in [0, 0.1) is 5.95 Å². The first kappa shape index (κ1) is 10.2. The highest BCUT2D eigenvalue weighted by molar-refractivity contribution is 7.13. The van der Waals surface area contributed by atoms with Gasteiger partial charge in [0.25, 0.3) is 0 Å². The van der Waals surface area contributed by atoms with Gasteiger partial charge in [0.2, 0.25) is 5.95 Å². The molecule has 0 saturated heterocycles. The zero-order valence-corrected chi connectivity index (χ0v) is 9.38. The third kappa shape index (κ3) is 2.21. The van der Waals surface area contributed by atoms with Crippen molar-refractivity contribution in [3.63, 3.8) is 0 Å². The van der Waals surface area contributed by atoms with E-state index in [9.17, 15) is 4.39 Å². The Morgan fingerprint density at radius 3 is 2.67 bits per heavy atom. The summed E-state index contributed by atoms with van der Waals surface area (Å²) in [5, 5.41) is 2.93. The molecule has 78 valence electrons. The molecular formula is C11H11FN2S. The van der Waals surface area contributed by atoms with Crippen molar-refractivity contribution in [3.8, 4) is 10.6 Å². The number of hydrogen-bond donors (Lipinski definition) is 0. The molecule has 0 aliphatic carbocycles. The highest BCUT2D eigenvalue weighted by Gasteiger charge is 2.07. The van der Waals surface area contributed by atoms with Crippen LogP contribution in [0.15, 0.2) is 23.7 Å². The Balaban J connectivity index is 2.33. The highest BCUT2D eigenvalue weighted by Crippen LogP contribution is 2.26. The molecule has 2 nitrogen and oxygen atoms in total. The van der Waals surface area contributed by atoms with Crippen LogP contribution in [-0.2, 0) is 0 Å². The monoisotopic (exact) mass is 222 g/mol. The summed E-state index contributed by atoms with van der Waals surface area (Å²) in [6.45, 7) is 4.20. The van der Waals surface area contributed by atoms with Gasteiger partial charge in [0.05, 0.1) is 5.69 Å². The zero-order valence-electron chi connectivity index (χ0n) is 8.57. The van der Waals surface area contributed by atoms with Crippen molar-refractivity contribution in [1.82, 2.24) is 9.97 Å². The number of aromatic nitrogens is 2. The van der Waals surface area contributed by atoms with Crippen LogP contribution in [0.5, 0.6) is 0 Å². The average molecular weight is 222 g/mol. The van der Waals surface area contributed by atoms with Crippen molar-refractivity contribution in [2.45, 2.75) is 19.8 Å². The van der Waals surface area contributed by atoms with Gasteiger partial charge in [-0.25, -0.2) is 9.97 Å². The van der Waals surface area contributed by atoms with E-state index in [1.165, 1.54) is 12.3 Å². The molecule has 0 amide bonds. The van der Waals surface area contributed by atoms with Crippen molar-refractivity contribution in [3.05, 3.63) is 35.4 Å². The first-order valence-electron chi connectivity index (χ1n) is 4.74. The van der Waals surface area contributed by atoms with Crippen LogP contribution in [0.3, 0.4) is 0 Å². The van der Waals surface area contributed by atoms with E-state index in [4.69, 9.17) is 0 Å². The Hall–Kier alpha value is -1.29. The maximum atomic E-state index is 12.6. The first-order valence-corrected chi connectivity index (χ1v) is 5.62. The fourth-order valence-corrected chi connectivity index (χ4v) is 2.16. The third-order valence-electron chi connectivity index (χ3n) is 2.09. The molecule has 0 atom stereocenters. The molecule has 2 aromatic rings.